The third-order valence-corrected chi connectivity index (χ3v) is 8.26. The van der Waals surface area contributed by atoms with E-state index in [1.54, 1.807) is 0 Å². The first kappa shape index (κ1) is 17.8. The van der Waals surface area contributed by atoms with Crippen molar-refractivity contribution < 1.29 is 16.8 Å². The first-order valence-corrected chi connectivity index (χ1v) is 11.1. The maximum Gasteiger partial charge on any atom is 0.243 e. The molecule has 7 nitrogen and oxygen atoms in total. The number of benzene rings is 1. The summed E-state index contributed by atoms with van der Waals surface area (Å²) in [6.07, 6.45) is 2.72. The van der Waals surface area contributed by atoms with Crippen molar-refractivity contribution in [3.63, 3.8) is 0 Å². The number of piperazine rings is 1. The molecule has 3 rings (SSSR count). The zero-order valence-corrected chi connectivity index (χ0v) is 15.2. The van der Waals surface area contributed by atoms with Gasteiger partial charge in [-0.2, -0.15) is 8.61 Å². The summed E-state index contributed by atoms with van der Waals surface area (Å²) >= 11 is 0. The van der Waals surface area contributed by atoms with Crippen molar-refractivity contribution in [2.24, 2.45) is 0 Å². The molecule has 0 aliphatic carbocycles. The van der Waals surface area contributed by atoms with Crippen LogP contribution in [0.3, 0.4) is 0 Å². The number of rotatable bonds is 4. The number of nitrogens with one attached hydrogen (secondary N) is 1. The van der Waals surface area contributed by atoms with Crippen LogP contribution in [0.5, 0.6) is 0 Å². The average Bonchev–Trinajstić information content (AvgIpc) is 2.63. The lowest BCUT2D eigenvalue weighted by Crippen LogP contribution is -2.46. The molecule has 134 valence electrons. The van der Waals surface area contributed by atoms with E-state index in [0.717, 1.165) is 19.3 Å². The highest BCUT2D eigenvalue weighted by atomic mass is 32.2. The van der Waals surface area contributed by atoms with Gasteiger partial charge in [0.15, 0.2) is 0 Å². The molecule has 0 spiro atoms. The summed E-state index contributed by atoms with van der Waals surface area (Å²) in [4.78, 5) is 0.100. The van der Waals surface area contributed by atoms with Gasteiger partial charge < -0.3 is 5.32 Å². The van der Waals surface area contributed by atoms with E-state index in [1.807, 2.05) is 0 Å². The Balaban J connectivity index is 1.91. The summed E-state index contributed by atoms with van der Waals surface area (Å²) in [6, 6.07) is 5.74. The van der Waals surface area contributed by atoms with Crippen molar-refractivity contribution in [1.29, 1.82) is 0 Å². The fourth-order valence-electron chi connectivity index (χ4n) is 3.08. The highest BCUT2D eigenvalue weighted by Gasteiger charge is 2.30. The largest absolute Gasteiger partial charge is 0.314 e. The molecule has 0 aromatic heterocycles. The number of piperidine rings is 1. The highest BCUT2D eigenvalue weighted by molar-refractivity contribution is 7.90. The van der Waals surface area contributed by atoms with Gasteiger partial charge in [-0.3, -0.25) is 0 Å². The summed E-state index contributed by atoms with van der Waals surface area (Å²) < 4.78 is 53.8. The predicted molar refractivity (Wildman–Crippen MR) is 90.7 cm³/mol. The van der Waals surface area contributed by atoms with Crippen LogP contribution in [0, 0.1) is 0 Å². The number of sulfonamides is 2. The van der Waals surface area contributed by atoms with Crippen LogP contribution in [0.25, 0.3) is 0 Å². The lowest BCUT2D eigenvalue weighted by molar-refractivity contribution is 0.346. The van der Waals surface area contributed by atoms with Gasteiger partial charge in [0.2, 0.25) is 20.0 Å². The van der Waals surface area contributed by atoms with Crippen LogP contribution in [0.15, 0.2) is 34.1 Å². The molecule has 2 aliphatic heterocycles. The molecular weight excluding hydrogens is 350 g/mol. The average molecular weight is 374 g/mol. The topological polar surface area (TPSA) is 86.8 Å². The molecule has 2 fully saturated rings. The minimum atomic E-state index is -3.67. The molecule has 0 saturated carbocycles. The summed E-state index contributed by atoms with van der Waals surface area (Å²) in [5, 5.41) is 3.11. The molecule has 1 aromatic rings. The van der Waals surface area contributed by atoms with Gasteiger partial charge in [-0.25, -0.2) is 16.8 Å². The van der Waals surface area contributed by atoms with Crippen LogP contribution in [0.2, 0.25) is 0 Å². The van der Waals surface area contributed by atoms with Gasteiger partial charge in [-0.05, 0) is 31.0 Å². The summed E-state index contributed by atoms with van der Waals surface area (Å²) in [7, 11) is -7.30. The van der Waals surface area contributed by atoms with Crippen molar-refractivity contribution in [2.75, 3.05) is 39.3 Å². The quantitative estimate of drug-likeness (QED) is 0.828. The van der Waals surface area contributed by atoms with Crippen molar-refractivity contribution in [1.82, 2.24) is 13.9 Å². The van der Waals surface area contributed by atoms with Crippen molar-refractivity contribution >= 4 is 20.0 Å². The van der Waals surface area contributed by atoms with Crippen LogP contribution in [0.4, 0.5) is 0 Å². The zero-order valence-electron chi connectivity index (χ0n) is 13.5. The monoisotopic (exact) mass is 373 g/mol. The van der Waals surface area contributed by atoms with Crippen LogP contribution >= 0.6 is 0 Å². The summed E-state index contributed by atoms with van der Waals surface area (Å²) in [5.74, 6) is 0. The Morgan fingerprint density at radius 3 is 1.79 bits per heavy atom. The minimum Gasteiger partial charge on any atom is -0.314 e. The second kappa shape index (κ2) is 7.09. The van der Waals surface area contributed by atoms with Crippen LogP contribution in [-0.4, -0.2) is 64.7 Å². The van der Waals surface area contributed by atoms with Crippen LogP contribution < -0.4 is 5.32 Å². The summed E-state index contributed by atoms with van der Waals surface area (Å²) in [6.45, 7) is 2.99. The van der Waals surface area contributed by atoms with Gasteiger partial charge in [0.1, 0.15) is 0 Å². The lowest BCUT2D eigenvalue weighted by Gasteiger charge is -2.27. The Morgan fingerprint density at radius 2 is 1.25 bits per heavy atom. The van der Waals surface area contributed by atoms with Gasteiger partial charge in [-0.15, -0.1) is 0 Å². The second-order valence-corrected chi connectivity index (χ2v) is 9.97. The Hall–Kier alpha value is -1.00. The minimum absolute atomic E-state index is 0.0440. The molecule has 9 heteroatoms. The smallest absolute Gasteiger partial charge is 0.243 e. The van der Waals surface area contributed by atoms with E-state index < -0.39 is 20.0 Å². The molecular formula is C15H23N3O4S2. The molecule has 1 N–H and O–H groups in total. The molecule has 1 aromatic carbocycles. The molecule has 0 bridgehead atoms. The molecule has 0 radical (unpaired) electrons. The normalized spacial score (nSPS) is 21.7. The SMILES string of the molecule is O=S(=O)(c1cccc(S(=O)(=O)N2CCNCC2)c1)N1CCCCC1. The van der Waals surface area contributed by atoms with Gasteiger partial charge in [0.05, 0.1) is 9.79 Å². The molecule has 0 unspecified atom stereocenters. The molecule has 2 saturated heterocycles. The van der Waals surface area contributed by atoms with Gasteiger partial charge in [0, 0.05) is 39.3 Å². The van der Waals surface area contributed by atoms with Crippen LogP contribution in [-0.2, 0) is 20.0 Å². The van der Waals surface area contributed by atoms with Gasteiger partial charge in [0.25, 0.3) is 0 Å². The Morgan fingerprint density at radius 1 is 0.750 bits per heavy atom. The van der Waals surface area contributed by atoms with E-state index in [1.165, 1.54) is 32.9 Å². The first-order valence-electron chi connectivity index (χ1n) is 8.23. The van der Waals surface area contributed by atoms with E-state index in [2.05, 4.69) is 5.32 Å². The van der Waals surface area contributed by atoms with Gasteiger partial charge >= 0.3 is 0 Å². The van der Waals surface area contributed by atoms with E-state index >= 15 is 0 Å². The molecule has 0 atom stereocenters. The number of hydrogen-bond acceptors (Lipinski definition) is 5. The molecule has 0 amide bonds. The fraction of sp³-hybridized carbons (Fsp3) is 0.600. The third kappa shape index (κ3) is 3.50. The molecule has 2 heterocycles. The van der Waals surface area contributed by atoms with E-state index in [0.29, 0.717) is 39.3 Å². The predicted octanol–water partition coefficient (Wildman–Crippen LogP) is 0.455. The summed E-state index contributed by atoms with van der Waals surface area (Å²) in [5.41, 5.74) is 0. The van der Waals surface area contributed by atoms with Gasteiger partial charge in [-0.1, -0.05) is 12.5 Å². The third-order valence-electron chi connectivity index (χ3n) is 4.47. The maximum atomic E-state index is 12.8. The van der Waals surface area contributed by atoms with Crippen molar-refractivity contribution in [2.45, 2.75) is 29.1 Å². The fourth-order valence-corrected chi connectivity index (χ4v) is 6.21. The van der Waals surface area contributed by atoms with E-state index in [9.17, 15) is 16.8 Å². The van der Waals surface area contributed by atoms with Crippen LogP contribution in [0.1, 0.15) is 19.3 Å². The maximum absolute atomic E-state index is 12.8. The molecule has 2 aliphatic rings. The van der Waals surface area contributed by atoms with E-state index in [-0.39, 0.29) is 9.79 Å². The van der Waals surface area contributed by atoms with Crippen molar-refractivity contribution in [3.8, 4) is 0 Å². The van der Waals surface area contributed by atoms with E-state index in [4.69, 9.17) is 0 Å². The molecule has 24 heavy (non-hydrogen) atoms. The standard InChI is InChI=1S/C15H23N3O4S2/c19-23(20,17-9-2-1-3-10-17)14-5-4-6-15(13-14)24(21,22)18-11-7-16-8-12-18/h4-6,13,16H,1-3,7-12H2. The second-order valence-electron chi connectivity index (χ2n) is 6.09. The highest BCUT2D eigenvalue weighted by Crippen LogP contribution is 2.24. The Labute approximate surface area is 143 Å². The van der Waals surface area contributed by atoms with Crippen molar-refractivity contribution in [3.05, 3.63) is 24.3 Å². The zero-order chi connectivity index (χ0) is 17.2. The Bertz CT molecular complexity index is 717. The lowest BCUT2D eigenvalue weighted by atomic mass is 10.2. The number of hydrogen-bond donors (Lipinski definition) is 1. The Kier molecular flexibility index (Phi) is 5.26. The first-order chi connectivity index (χ1) is 11.4. The number of nitrogens with zero attached hydrogens (tertiary/aromatic N) is 2.